The van der Waals surface area contributed by atoms with Gasteiger partial charge in [0.1, 0.15) is 11.5 Å². The lowest BCUT2D eigenvalue weighted by Crippen LogP contribution is -2.53. The first-order valence-corrected chi connectivity index (χ1v) is 9.28. The summed E-state index contributed by atoms with van der Waals surface area (Å²) in [7, 11) is 1.37. The largest absolute Gasteiger partial charge is 0.508 e. The highest BCUT2D eigenvalue weighted by Crippen LogP contribution is 2.60. The van der Waals surface area contributed by atoms with Gasteiger partial charge in [-0.3, -0.25) is 9.59 Å². The number of hydrogen-bond acceptors (Lipinski definition) is 5. The summed E-state index contributed by atoms with van der Waals surface area (Å²) >= 11 is 0. The molecule has 2 aliphatic rings. The number of ether oxygens (including phenoxy) is 1. The van der Waals surface area contributed by atoms with Gasteiger partial charge in [-0.1, -0.05) is 27.2 Å². The van der Waals surface area contributed by atoms with Crippen molar-refractivity contribution in [2.24, 2.45) is 11.3 Å². The number of phenolic OH excluding ortho intramolecular Hbond substituents is 2. The average molecular weight is 360 g/mol. The number of carbonyl (C=O) groups is 2. The predicted molar refractivity (Wildman–Crippen MR) is 97.6 cm³/mol. The van der Waals surface area contributed by atoms with Crippen molar-refractivity contribution in [2.75, 3.05) is 7.11 Å². The SMILES string of the molecule is COC(=O)[C@]1(C)CCC[C@]2(C)c3c(O)cc(C(C)C)c(O)c3C(=O)C[C@@H]12. The summed E-state index contributed by atoms with van der Waals surface area (Å²) in [5.74, 6) is -0.802. The lowest BCUT2D eigenvalue weighted by molar-refractivity contribution is -0.160. The number of rotatable bonds is 2. The average Bonchev–Trinajstić information content (AvgIpc) is 2.57. The number of benzene rings is 1. The molecular weight excluding hydrogens is 332 g/mol. The second-order valence-electron chi connectivity index (χ2n) is 8.60. The second-order valence-corrected chi connectivity index (χ2v) is 8.60. The van der Waals surface area contributed by atoms with Crippen LogP contribution in [0.15, 0.2) is 6.07 Å². The van der Waals surface area contributed by atoms with Gasteiger partial charge in [-0.15, -0.1) is 0 Å². The summed E-state index contributed by atoms with van der Waals surface area (Å²) in [6.45, 7) is 7.68. The quantitative estimate of drug-likeness (QED) is 0.614. The van der Waals surface area contributed by atoms with E-state index in [0.29, 0.717) is 17.5 Å². The van der Waals surface area contributed by atoms with Gasteiger partial charge in [0.2, 0.25) is 0 Å². The highest BCUT2D eigenvalue weighted by atomic mass is 16.5. The van der Waals surface area contributed by atoms with E-state index >= 15 is 0 Å². The molecule has 0 aliphatic heterocycles. The van der Waals surface area contributed by atoms with Gasteiger partial charge in [0, 0.05) is 23.0 Å². The molecule has 0 spiro atoms. The van der Waals surface area contributed by atoms with Gasteiger partial charge < -0.3 is 14.9 Å². The molecule has 1 fully saturated rings. The minimum atomic E-state index is -0.784. The summed E-state index contributed by atoms with van der Waals surface area (Å²) in [4.78, 5) is 25.6. The molecule has 5 nitrogen and oxygen atoms in total. The van der Waals surface area contributed by atoms with Gasteiger partial charge in [0.15, 0.2) is 5.78 Å². The van der Waals surface area contributed by atoms with Gasteiger partial charge in [0.25, 0.3) is 0 Å². The molecule has 0 heterocycles. The Morgan fingerprint density at radius 1 is 1.27 bits per heavy atom. The van der Waals surface area contributed by atoms with E-state index in [-0.39, 0.29) is 47.1 Å². The van der Waals surface area contributed by atoms with Crippen molar-refractivity contribution < 1.29 is 24.5 Å². The number of methoxy groups -OCH3 is 1. The number of phenols is 2. The first-order chi connectivity index (χ1) is 12.1. The lowest BCUT2D eigenvalue weighted by atomic mass is 9.49. The molecule has 3 atom stereocenters. The summed E-state index contributed by atoms with van der Waals surface area (Å²) < 4.78 is 5.05. The third-order valence-electron chi connectivity index (χ3n) is 6.75. The third kappa shape index (κ3) is 2.36. The topological polar surface area (TPSA) is 83.8 Å². The zero-order valence-corrected chi connectivity index (χ0v) is 16.2. The molecule has 0 unspecified atom stereocenters. The first-order valence-electron chi connectivity index (χ1n) is 9.28. The molecule has 142 valence electrons. The molecule has 2 aliphatic carbocycles. The number of carbonyl (C=O) groups excluding carboxylic acids is 2. The Balaban J connectivity index is 2.27. The van der Waals surface area contributed by atoms with Crippen molar-refractivity contribution in [3.8, 4) is 11.5 Å². The predicted octanol–water partition coefficient (Wildman–Crippen LogP) is 4.04. The molecule has 1 aromatic rings. The van der Waals surface area contributed by atoms with E-state index in [1.165, 1.54) is 7.11 Å². The molecule has 1 saturated carbocycles. The highest BCUT2D eigenvalue weighted by Gasteiger charge is 2.58. The maximum atomic E-state index is 13.0. The fourth-order valence-electron chi connectivity index (χ4n) is 5.36. The number of Topliss-reactive ketones (excluding diaryl/α,β-unsaturated/α-hetero) is 1. The normalized spacial score (nSPS) is 30.7. The van der Waals surface area contributed by atoms with Crippen LogP contribution in [-0.2, 0) is 14.9 Å². The van der Waals surface area contributed by atoms with Crippen LogP contribution in [0.2, 0.25) is 0 Å². The Hall–Kier alpha value is -2.04. The molecular formula is C21H28O5. The molecule has 0 saturated heterocycles. The van der Waals surface area contributed by atoms with Gasteiger partial charge in [-0.05, 0) is 37.7 Å². The maximum Gasteiger partial charge on any atom is 0.311 e. The van der Waals surface area contributed by atoms with E-state index in [2.05, 4.69) is 0 Å². The Morgan fingerprint density at radius 2 is 1.92 bits per heavy atom. The molecule has 2 N–H and O–H groups in total. The summed E-state index contributed by atoms with van der Waals surface area (Å²) in [6, 6.07) is 1.57. The number of aromatic hydroxyl groups is 2. The molecule has 0 bridgehead atoms. The molecule has 0 radical (unpaired) electrons. The Bertz CT molecular complexity index is 781. The Morgan fingerprint density at radius 3 is 2.50 bits per heavy atom. The van der Waals surface area contributed by atoms with Crippen molar-refractivity contribution in [1.29, 1.82) is 0 Å². The third-order valence-corrected chi connectivity index (χ3v) is 6.75. The molecule has 0 aromatic heterocycles. The molecule has 26 heavy (non-hydrogen) atoms. The van der Waals surface area contributed by atoms with Crippen LogP contribution in [0, 0.1) is 11.3 Å². The number of hydrogen-bond donors (Lipinski definition) is 2. The fraction of sp³-hybridized carbons (Fsp3) is 0.619. The zero-order valence-electron chi connectivity index (χ0n) is 16.2. The van der Waals surface area contributed by atoms with E-state index in [4.69, 9.17) is 4.74 Å². The number of fused-ring (bicyclic) bond motifs is 3. The Kier molecular flexibility index (Phi) is 4.32. The van der Waals surface area contributed by atoms with Gasteiger partial charge >= 0.3 is 5.97 Å². The van der Waals surface area contributed by atoms with E-state index in [1.807, 2.05) is 27.7 Å². The van der Waals surface area contributed by atoms with Crippen LogP contribution < -0.4 is 0 Å². The smallest absolute Gasteiger partial charge is 0.311 e. The minimum Gasteiger partial charge on any atom is -0.508 e. The number of ketones is 1. The maximum absolute atomic E-state index is 13.0. The monoisotopic (exact) mass is 360 g/mol. The van der Waals surface area contributed by atoms with Crippen LogP contribution in [0.5, 0.6) is 11.5 Å². The van der Waals surface area contributed by atoms with E-state index in [9.17, 15) is 19.8 Å². The Labute approximate surface area is 154 Å². The van der Waals surface area contributed by atoms with E-state index < -0.39 is 10.8 Å². The summed E-state index contributed by atoms with van der Waals surface area (Å²) in [6.07, 6.45) is 2.36. The van der Waals surface area contributed by atoms with E-state index in [1.54, 1.807) is 6.07 Å². The van der Waals surface area contributed by atoms with Gasteiger partial charge in [-0.25, -0.2) is 0 Å². The van der Waals surface area contributed by atoms with Crippen LogP contribution in [0.25, 0.3) is 0 Å². The van der Waals surface area contributed by atoms with Crippen LogP contribution >= 0.6 is 0 Å². The molecule has 0 amide bonds. The van der Waals surface area contributed by atoms with Crippen molar-refractivity contribution in [2.45, 2.75) is 64.7 Å². The highest BCUT2D eigenvalue weighted by molar-refractivity contribution is 6.03. The zero-order chi connectivity index (χ0) is 19.4. The summed E-state index contributed by atoms with van der Waals surface area (Å²) in [5.41, 5.74) is -0.0460. The first kappa shape index (κ1) is 18.7. The van der Waals surface area contributed by atoms with Gasteiger partial charge in [-0.2, -0.15) is 0 Å². The lowest BCUT2D eigenvalue weighted by Gasteiger charge is -2.53. The van der Waals surface area contributed by atoms with Crippen molar-refractivity contribution in [3.63, 3.8) is 0 Å². The van der Waals surface area contributed by atoms with Gasteiger partial charge in [0.05, 0.1) is 18.1 Å². The second kappa shape index (κ2) is 6.00. The molecule has 1 aromatic carbocycles. The van der Waals surface area contributed by atoms with Crippen LogP contribution in [0.4, 0.5) is 0 Å². The number of esters is 1. The summed E-state index contributed by atoms with van der Waals surface area (Å²) in [5, 5.41) is 21.6. The van der Waals surface area contributed by atoms with Crippen LogP contribution in [0.1, 0.15) is 80.8 Å². The standard InChI is InChI=1S/C21H28O5/c1-11(2)12-9-14(23)17-16(18(12)24)13(22)10-15-20(17,3)7-6-8-21(15,4)19(25)26-5/h9,11,15,23-24H,6-8,10H2,1-5H3/t15-,20+,21-/m1/s1. The van der Waals surface area contributed by atoms with E-state index in [0.717, 1.165) is 12.8 Å². The van der Waals surface area contributed by atoms with Crippen molar-refractivity contribution in [3.05, 3.63) is 22.8 Å². The van der Waals surface area contributed by atoms with Crippen molar-refractivity contribution >= 4 is 11.8 Å². The van der Waals surface area contributed by atoms with Crippen LogP contribution in [0.3, 0.4) is 0 Å². The minimum absolute atomic E-state index is 0.0174. The van der Waals surface area contributed by atoms with Crippen LogP contribution in [-0.4, -0.2) is 29.1 Å². The fourth-order valence-corrected chi connectivity index (χ4v) is 5.36. The van der Waals surface area contributed by atoms with Crippen molar-refractivity contribution in [1.82, 2.24) is 0 Å². The molecule has 3 rings (SSSR count). The molecule has 5 heteroatoms.